The van der Waals surface area contributed by atoms with Gasteiger partial charge in [-0.05, 0) is 50.3 Å². The van der Waals surface area contributed by atoms with Crippen LogP contribution in [0, 0.1) is 20.8 Å². The van der Waals surface area contributed by atoms with E-state index in [1.54, 1.807) is 0 Å². The van der Waals surface area contributed by atoms with E-state index in [0.717, 1.165) is 18.4 Å². The van der Waals surface area contributed by atoms with Gasteiger partial charge in [0, 0.05) is 0 Å². The molecular formula is C18H22O. The van der Waals surface area contributed by atoms with Crippen molar-refractivity contribution < 1.29 is 5.11 Å². The van der Waals surface area contributed by atoms with Gasteiger partial charge < -0.3 is 5.11 Å². The highest BCUT2D eigenvalue weighted by molar-refractivity contribution is 5.32. The van der Waals surface area contributed by atoms with Crippen LogP contribution in [0.3, 0.4) is 0 Å². The number of aryl methyl sites for hydroxylation is 4. The Labute approximate surface area is 115 Å². The Balaban J connectivity index is 2.03. The third-order valence-corrected chi connectivity index (χ3v) is 3.62. The summed E-state index contributed by atoms with van der Waals surface area (Å²) < 4.78 is 0. The molecule has 0 aliphatic heterocycles. The van der Waals surface area contributed by atoms with Gasteiger partial charge in [-0.3, -0.25) is 0 Å². The van der Waals surface area contributed by atoms with Crippen LogP contribution in [0.25, 0.3) is 0 Å². The molecule has 0 amide bonds. The highest BCUT2D eigenvalue weighted by Gasteiger charge is 2.10. The minimum atomic E-state index is -0.374. The molecule has 1 atom stereocenters. The molecule has 2 aromatic rings. The van der Waals surface area contributed by atoms with E-state index >= 15 is 0 Å². The molecule has 0 fully saturated rings. The van der Waals surface area contributed by atoms with Crippen molar-refractivity contribution in [2.75, 3.05) is 0 Å². The maximum Gasteiger partial charge on any atom is 0.0795 e. The molecule has 0 aromatic heterocycles. The summed E-state index contributed by atoms with van der Waals surface area (Å²) in [6, 6.07) is 14.8. The molecular weight excluding hydrogens is 232 g/mol. The van der Waals surface area contributed by atoms with E-state index in [-0.39, 0.29) is 6.10 Å². The molecule has 2 aromatic carbocycles. The van der Waals surface area contributed by atoms with Crippen molar-refractivity contribution in [3.05, 3.63) is 70.3 Å². The number of rotatable bonds is 4. The second kappa shape index (κ2) is 6.03. The SMILES string of the molecule is Cc1ccc(CCC(O)c2cc(C)ccc2C)cc1. The third kappa shape index (κ3) is 3.68. The fourth-order valence-electron chi connectivity index (χ4n) is 2.33. The van der Waals surface area contributed by atoms with Gasteiger partial charge in [-0.1, -0.05) is 53.6 Å². The first-order valence-corrected chi connectivity index (χ1v) is 6.87. The quantitative estimate of drug-likeness (QED) is 0.863. The van der Waals surface area contributed by atoms with Gasteiger partial charge in [0.2, 0.25) is 0 Å². The molecule has 0 aliphatic carbocycles. The molecule has 2 rings (SSSR count). The summed E-state index contributed by atoms with van der Waals surface area (Å²) in [7, 11) is 0. The maximum absolute atomic E-state index is 10.3. The van der Waals surface area contributed by atoms with Crippen LogP contribution in [-0.4, -0.2) is 5.11 Å². The van der Waals surface area contributed by atoms with E-state index in [1.807, 2.05) is 0 Å². The molecule has 0 bridgehead atoms. The van der Waals surface area contributed by atoms with Gasteiger partial charge in [0.25, 0.3) is 0 Å². The Bertz CT molecular complexity index is 540. The summed E-state index contributed by atoms with van der Waals surface area (Å²) in [6.07, 6.45) is 1.31. The lowest BCUT2D eigenvalue weighted by molar-refractivity contribution is 0.167. The minimum Gasteiger partial charge on any atom is -0.388 e. The highest BCUT2D eigenvalue weighted by Crippen LogP contribution is 2.23. The van der Waals surface area contributed by atoms with Gasteiger partial charge in [-0.15, -0.1) is 0 Å². The number of aliphatic hydroxyl groups excluding tert-OH is 1. The summed E-state index contributed by atoms with van der Waals surface area (Å²) in [4.78, 5) is 0. The van der Waals surface area contributed by atoms with Crippen LogP contribution in [0.15, 0.2) is 42.5 Å². The third-order valence-electron chi connectivity index (χ3n) is 3.62. The molecule has 19 heavy (non-hydrogen) atoms. The van der Waals surface area contributed by atoms with Gasteiger partial charge in [0.15, 0.2) is 0 Å². The number of aliphatic hydroxyl groups is 1. The lowest BCUT2D eigenvalue weighted by Gasteiger charge is -2.14. The molecule has 1 heteroatoms. The zero-order valence-corrected chi connectivity index (χ0v) is 12.0. The van der Waals surface area contributed by atoms with Crippen LogP contribution in [0.5, 0.6) is 0 Å². The van der Waals surface area contributed by atoms with E-state index < -0.39 is 0 Å². The Morgan fingerprint density at radius 1 is 0.895 bits per heavy atom. The molecule has 0 heterocycles. The summed E-state index contributed by atoms with van der Waals surface area (Å²) in [6.45, 7) is 6.22. The van der Waals surface area contributed by atoms with Gasteiger partial charge in [-0.2, -0.15) is 0 Å². The first-order chi connectivity index (χ1) is 9.06. The zero-order chi connectivity index (χ0) is 13.8. The van der Waals surface area contributed by atoms with Crippen molar-refractivity contribution >= 4 is 0 Å². The molecule has 1 nitrogen and oxygen atoms in total. The van der Waals surface area contributed by atoms with Crippen molar-refractivity contribution in [3.63, 3.8) is 0 Å². The van der Waals surface area contributed by atoms with E-state index in [4.69, 9.17) is 0 Å². The first-order valence-electron chi connectivity index (χ1n) is 6.87. The summed E-state index contributed by atoms with van der Waals surface area (Å²) in [5.41, 5.74) is 6.00. The topological polar surface area (TPSA) is 20.2 Å². The highest BCUT2D eigenvalue weighted by atomic mass is 16.3. The Morgan fingerprint density at radius 2 is 1.53 bits per heavy atom. The van der Waals surface area contributed by atoms with Crippen molar-refractivity contribution in [2.24, 2.45) is 0 Å². The average molecular weight is 254 g/mol. The first kappa shape index (κ1) is 13.8. The molecule has 0 saturated heterocycles. The number of hydrogen-bond acceptors (Lipinski definition) is 1. The van der Waals surface area contributed by atoms with Crippen LogP contribution in [-0.2, 0) is 6.42 Å². The lowest BCUT2D eigenvalue weighted by atomic mass is 9.96. The maximum atomic E-state index is 10.3. The Kier molecular flexibility index (Phi) is 4.39. The van der Waals surface area contributed by atoms with Crippen molar-refractivity contribution in [3.8, 4) is 0 Å². The van der Waals surface area contributed by atoms with E-state index in [1.165, 1.54) is 22.3 Å². The second-order valence-corrected chi connectivity index (χ2v) is 5.40. The normalized spacial score (nSPS) is 12.4. The largest absolute Gasteiger partial charge is 0.388 e. The van der Waals surface area contributed by atoms with Crippen LogP contribution < -0.4 is 0 Å². The standard InChI is InChI=1S/C18H22O/c1-13-5-8-16(9-6-13)10-11-18(19)17-12-14(2)4-7-15(17)3/h4-9,12,18-19H,10-11H2,1-3H3. The van der Waals surface area contributed by atoms with E-state index in [9.17, 15) is 5.11 Å². The van der Waals surface area contributed by atoms with Crippen molar-refractivity contribution in [2.45, 2.75) is 39.7 Å². The summed E-state index contributed by atoms with van der Waals surface area (Å²) in [5, 5.41) is 10.3. The van der Waals surface area contributed by atoms with Crippen LogP contribution in [0.4, 0.5) is 0 Å². The Morgan fingerprint density at radius 3 is 2.21 bits per heavy atom. The predicted octanol–water partition coefficient (Wildman–Crippen LogP) is 4.28. The smallest absolute Gasteiger partial charge is 0.0795 e. The van der Waals surface area contributed by atoms with Crippen molar-refractivity contribution in [1.29, 1.82) is 0 Å². The van der Waals surface area contributed by atoms with Gasteiger partial charge in [0.1, 0.15) is 0 Å². The Hall–Kier alpha value is -1.60. The molecule has 100 valence electrons. The van der Waals surface area contributed by atoms with Crippen LogP contribution in [0.2, 0.25) is 0 Å². The number of benzene rings is 2. The van der Waals surface area contributed by atoms with E-state index in [2.05, 4.69) is 63.2 Å². The van der Waals surface area contributed by atoms with Crippen LogP contribution in [0.1, 0.15) is 40.3 Å². The minimum absolute atomic E-state index is 0.374. The fraction of sp³-hybridized carbons (Fsp3) is 0.333. The lowest BCUT2D eigenvalue weighted by Crippen LogP contribution is -2.02. The molecule has 0 radical (unpaired) electrons. The van der Waals surface area contributed by atoms with Crippen LogP contribution >= 0.6 is 0 Å². The molecule has 0 aliphatic rings. The predicted molar refractivity (Wildman–Crippen MR) is 80.4 cm³/mol. The molecule has 1 unspecified atom stereocenters. The zero-order valence-electron chi connectivity index (χ0n) is 12.0. The van der Waals surface area contributed by atoms with Gasteiger partial charge >= 0.3 is 0 Å². The summed E-state index contributed by atoms with van der Waals surface area (Å²) >= 11 is 0. The average Bonchev–Trinajstić information content (AvgIpc) is 2.40. The summed E-state index contributed by atoms with van der Waals surface area (Å²) in [5.74, 6) is 0. The van der Waals surface area contributed by atoms with E-state index in [0.29, 0.717) is 0 Å². The fourth-order valence-corrected chi connectivity index (χ4v) is 2.33. The monoisotopic (exact) mass is 254 g/mol. The van der Waals surface area contributed by atoms with Gasteiger partial charge in [0.05, 0.1) is 6.10 Å². The second-order valence-electron chi connectivity index (χ2n) is 5.40. The number of hydrogen-bond donors (Lipinski definition) is 1. The van der Waals surface area contributed by atoms with Gasteiger partial charge in [-0.25, -0.2) is 0 Å². The molecule has 1 N–H and O–H groups in total. The van der Waals surface area contributed by atoms with Crippen molar-refractivity contribution in [1.82, 2.24) is 0 Å². The molecule has 0 spiro atoms. The molecule has 0 saturated carbocycles.